The van der Waals surface area contributed by atoms with Crippen LogP contribution in [0.5, 0.6) is 0 Å². The minimum atomic E-state index is -0.228. The van der Waals surface area contributed by atoms with Gasteiger partial charge in [0.1, 0.15) is 0 Å². The molecule has 0 aromatic heterocycles. The van der Waals surface area contributed by atoms with E-state index in [1.54, 1.807) is 6.26 Å². The minimum Gasteiger partial charge on any atom is -0.500 e. The summed E-state index contributed by atoms with van der Waals surface area (Å²) in [6, 6.07) is 0. The van der Waals surface area contributed by atoms with Crippen LogP contribution in [0.2, 0.25) is 0 Å². The quantitative estimate of drug-likeness (QED) is 0.599. The average Bonchev–Trinajstić information content (AvgIpc) is 2.59. The maximum Gasteiger partial charge on any atom is 0.337 e. The van der Waals surface area contributed by atoms with Gasteiger partial charge in [0.2, 0.25) is 0 Å². The fraction of sp³-hybridized carbons (Fsp3) is 0.727. The van der Waals surface area contributed by atoms with Gasteiger partial charge in [0.05, 0.1) is 25.6 Å². The monoisotopic (exact) mass is 196 g/mol. The predicted octanol–water partition coefficient (Wildman–Crippen LogP) is 1.74. The lowest BCUT2D eigenvalue weighted by molar-refractivity contribution is -0.137. The molecule has 0 spiro atoms. The fourth-order valence-electron chi connectivity index (χ4n) is 2.59. The second kappa shape index (κ2) is 3.64. The molecule has 2 aliphatic rings. The number of carbonyl (C=O) groups excluding carboxylic acids is 1. The molecule has 14 heavy (non-hydrogen) atoms. The standard InChI is InChI=1S/C11H16O3/c1-7-3-4-8-9(7)5-14-6-10(8)11(12)13-2/h6-9H,3-5H2,1-2H3. The van der Waals surface area contributed by atoms with Crippen molar-refractivity contribution in [1.29, 1.82) is 0 Å². The van der Waals surface area contributed by atoms with Gasteiger partial charge < -0.3 is 9.47 Å². The van der Waals surface area contributed by atoms with Crippen molar-refractivity contribution < 1.29 is 14.3 Å². The maximum atomic E-state index is 11.4. The first-order chi connectivity index (χ1) is 6.74. The molecule has 0 aromatic carbocycles. The van der Waals surface area contributed by atoms with E-state index in [9.17, 15) is 4.79 Å². The molecule has 3 unspecified atom stereocenters. The molecule has 1 aliphatic heterocycles. The number of rotatable bonds is 1. The third kappa shape index (κ3) is 1.41. The average molecular weight is 196 g/mol. The summed E-state index contributed by atoms with van der Waals surface area (Å²) in [7, 11) is 1.42. The van der Waals surface area contributed by atoms with Gasteiger partial charge in [-0.25, -0.2) is 4.79 Å². The molecular weight excluding hydrogens is 180 g/mol. The van der Waals surface area contributed by atoms with Gasteiger partial charge in [0.15, 0.2) is 0 Å². The molecule has 78 valence electrons. The Hall–Kier alpha value is -0.990. The van der Waals surface area contributed by atoms with Crippen LogP contribution in [0.4, 0.5) is 0 Å². The molecule has 3 atom stereocenters. The van der Waals surface area contributed by atoms with Crippen molar-refractivity contribution in [2.75, 3.05) is 13.7 Å². The topological polar surface area (TPSA) is 35.5 Å². The molecule has 0 amide bonds. The van der Waals surface area contributed by atoms with Crippen LogP contribution in [0.15, 0.2) is 11.8 Å². The molecule has 0 aromatic rings. The van der Waals surface area contributed by atoms with Gasteiger partial charge in [-0.1, -0.05) is 6.92 Å². The second-order valence-electron chi connectivity index (χ2n) is 4.22. The van der Waals surface area contributed by atoms with E-state index in [2.05, 4.69) is 6.92 Å². The van der Waals surface area contributed by atoms with Gasteiger partial charge in [-0.2, -0.15) is 0 Å². The van der Waals surface area contributed by atoms with Crippen molar-refractivity contribution in [3.8, 4) is 0 Å². The lowest BCUT2D eigenvalue weighted by atomic mass is 9.85. The number of hydrogen-bond donors (Lipinski definition) is 0. The minimum absolute atomic E-state index is 0.228. The van der Waals surface area contributed by atoms with Crippen molar-refractivity contribution in [2.24, 2.45) is 17.8 Å². The van der Waals surface area contributed by atoms with Gasteiger partial charge in [0, 0.05) is 11.8 Å². The van der Waals surface area contributed by atoms with Crippen LogP contribution in [-0.2, 0) is 14.3 Å². The predicted molar refractivity (Wildman–Crippen MR) is 51.4 cm³/mol. The number of fused-ring (bicyclic) bond motifs is 1. The first-order valence-corrected chi connectivity index (χ1v) is 5.14. The van der Waals surface area contributed by atoms with E-state index in [0.717, 1.165) is 18.6 Å². The molecular formula is C11H16O3. The highest BCUT2D eigenvalue weighted by Gasteiger charge is 2.40. The van der Waals surface area contributed by atoms with Crippen LogP contribution in [0, 0.1) is 17.8 Å². The zero-order valence-electron chi connectivity index (χ0n) is 8.66. The highest BCUT2D eigenvalue weighted by molar-refractivity contribution is 5.88. The largest absolute Gasteiger partial charge is 0.500 e. The van der Waals surface area contributed by atoms with Gasteiger partial charge in [-0.3, -0.25) is 0 Å². The Balaban J connectivity index is 2.18. The molecule has 1 heterocycles. The van der Waals surface area contributed by atoms with Crippen molar-refractivity contribution in [3.63, 3.8) is 0 Å². The van der Waals surface area contributed by atoms with E-state index < -0.39 is 0 Å². The molecule has 0 N–H and O–H groups in total. The molecule has 1 fully saturated rings. The van der Waals surface area contributed by atoms with Crippen molar-refractivity contribution in [3.05, 3.63) is 11.8 Å². The van der Waals surface area contributed by atoms with Crippen LogP contribution >= 0.6 is 0 Å². The summed E-state index contributed by atoms with van der Waals surface area (Å²) in [5.74, 6) is 1.31. The van der Waals surface area contributed by atoms with E-state index in [-0.39, 0.29) is 5.97 Å². The zero-order chi connectivity index (χ0) is 10.1. The Bertz CT molecular complexity index is 270. The Morgan fingerprint density at radius 1 is 1.57 bits per heavy atom. The van der Waals surface area contributed by atoms with E-state index in [4.69, 9.17) is 9.47 Å². The van der Waals surface area contributed by atoms with Gasteiger partial charge in [0.25, 0.3) is 0 Å². The van der Waals surface area contributed by atoms with Gasteiger partial charge in [-0.05, 0) is 18.8 Å². The molecule has 0 radical (unpaired) electrons. The number of ether oxygens (including phenoxy) is 2. The zero-order valence-corrected chi connectivity index (χ0v) is 8.66. The van der Waals surface area contributed by atoms with E-state index in [0.29, 0.717) is 17.8 Å². The van der Waals surface area contributed by atoms with Crippen molar-refractivity contribution in [1.82, 2.24) is 0 Å². The molecule has 0 saturated heterocycles. The van der Waals surface area contributed by atoms with E-state index in [1.165, 1.54) is 13.5 Å². The lowest BCUT2D eigenvalue weighted by Gasteiger charge is -2.27. The highest BCUT2D eigenvalue weighted by Crippen LogP contribution is 2.43. The summed E-state index contributed by atoms with van der Waals surface area (Å²) in [6.45, 7) is 2.99. The number of methoxy groups -OCH3 is 1. The second-order valence-corrected chi connectivity index (χ2v) is 4.22. The third-order valence-electron chi connectivity index (χ3n) is 3.50. The Morgan fingerprint density at radius 2 is 2.36 bits per heavy atom. The van der Waals surface area contributed by atoms with Gasteiger partial charge in [-0.15, -0.1) is 0 Å². The summed E-state index contributed by atoms with van der Waals surface area (Å²) in [4.78, 5) is 11.4. The van der Waals surface area contributed by atoms with Crippen molar-refractivity contribution in [2.45, 2.75) is 19.8 Å². The number of hydrogen-bond acceptors (Lipinski definition) is 3. The van der Waals surface area contributed by atoms with E-state index >= 15 is 0 Å². The Morgan fingerprint density at radius 3 is 3.07 bits per heavy atom. The molecule has 1 saturated carbocycles. The van der Waals surface area contributed by atoms with Gasteiger partial charge >= 0.3 is 5.97 Å². The summed E-state index contributed by atoms with van der Waals surface area (Å²) in [6.07, 6.45) is 3.87. The van der Waals surface area contributed by atoms with Crippen LogP contribution in [0.25, 0.3) is 0 Å². The van der Waals surface area contributed by atoms with Crippen LogP contribution in [0.1, 0.15) is 19.8 Å². The van der Waals surface area contributed by atoms with E-state index in [1.807, 2.05) is 0 Å². The summed E-state index contributed by atoms with van der Waals surface area (Å²) >= 11 is 0. The van der Waals surface area contributed by atoms with Crippen LogP contribution in [-0.4, -0.2) is 19.7 Å². The fourth-order valence-corrected chi connectivity index (χ4v) is 2.59. The molecule has 0 bridgehead atoms. The van der Waals surface area contributed by atoms with Crippen LogP contribution in [0.3, 0.4) is 0 Å². The number of carbonyl (C=O) groups is 1. The first-order valence-electron chi connectivity index (χ1n) is 5.14. The Labute approximate surface area is 84.1 Å². The molecule has 2 rings (SSSR count). The number of esters is 1. The SMILES string of the molecule is COC(=O)C1=COCC2C(C)CCC12. The van der Waals surface area contributed by atoms with Crippen molar-refractivity contribution >= 4 is 5.97 Å². The first kappa shape index (κ1) is 9.56. The molecule has 1 aliphatic carbocycles. The molecule has 3 heteroatoms. The lowest BCUT2D eigenvalue weighted by Crippen LogP contribution is -2.28. The van der Waals surface area contributed by atoms with Crippen LogP contribution < -0.4 is 0 Å². The smallest absolute Gasteiger partial charge is 0.337 e. The Kier molecular flexibility index (Phi) is 2.48. The maximum absolute atomic E-state index is 11.4. The highest BCUT2D eigenvalue weighted by atomic mass is 16.5. The molecule has 3 nitrogen and oxygen atoms in total. The summed E-state index contributed by atoms with van der Waals surface area (Å²) in [5, 5.41) is 0. The third-order valence-corrected chi connectivity index (χ3v) is 3.50. The summed E-state index contributed by atoms with van der Waals surface area (Å²) in [5.41, 5.74) is 0.730. The summed E-state index contributed by atoms with van der Waals surface area (Å²) < 4.78 is 10.1. The normalized spacial score (nSPS) is 35.6.